The lowest BCUT2D eigenvalue weighted by atomic mass is 9.94. The van der Waals surface area contributed by atoms with Gasteiger partial charge >= 0.3 is 0 Å². The first-order valence-corrected chi connectivity index (χ1v) is 6.77. The molecule has 3 atom stereocenters. The fourth-order valence-corrected chi connectivity index (χ4v) is 2.81. The van der Waals surface area contributed by atoms with E-state index in [4.69, 9.17) is 16.3 Å². The molecule has 3 unspecified atom stereocenters. The summed E-state index contributed by atoms with van der Waals surface area (Å²) in [4.78, 5) is 11.9. The van der Waals surface area contributed by atoms with Gasteiger partial charge in [0.2, 0.25) is 5.91 Å². The summed E-state index contributed by atoms with van der Waals surface area (Å²) in [7, 11) is 0. The molecule has 0 aromatic carbocycles. The predicted octanol–water partition coefficient (Wildman–Crippen LogP) is 2.22. The molecule has 0 radical (unpaired) electrons. The molecule has 2 rings (SSSR count). The van der Waals surface area contributed by atoms with Crippen molar-refractivity contribution in [2.75, 3.05) is 6.61 Å². The van der Waals surface area contributed by atoms with Crippen LogP contribution in [0.4, 0.5) is 0 Å². The first-order chi connectivity index (χ1) is 7.77. The predicted molar refractivity (Wildman–Crippen MR) is 63.6 cm³/mol. The number of ether oxygens (including phenoxy) is 1. The van der Waals surface area contributed by atoms with Crippen molar-refractivity contribution < 1.29 is 9.53 Å². The van der Waals surface area contributed by atoms with E-state index in [9.17, 15) is 4.79 Å². The number of alkyl halides is 1. The van der Waals surface area contributed by atoms with Crippen LogP contribution in [0.25, 0.3) is 0 Å². The van der Waals surface area contributed by atoms with Gasteiger partial charge in [-0.1, -0.05) is 12.8 Å². The molecule has 1 aliphatic heterocycles. The van der Waals surface area contributed by atoms with Gasteiger partial charge in [0.25, 0.3) is 0 Å². The number of halogens is 1. The number of carbonyl (C=O) groups is 1. The number of carbonyl (C=O) groups excluding carboxylic acids is 1. The molecule has 0 aromatic rings. The molecule has 0 spiro atoms. The summed E-state index contributed by atoms with van der Waals surface area (Å²) in [5, 5.41) is 3.14. The minimum Gasteiger partial charge on any atom is -0.368 e. The van der Waals surface area contributed by atoms with Gasteiger partial charge in [-0.15, -0.1) is 11.6 Å². The zero-order valence-corrected chi connectivity index (χ0v) is 10.3. The molecular formula is C12H20ClNO2. The van der Waals surface area contributed by atoms with Crippen LogP contribution in [0.1, 0.15) is 44.9 Å². The SMILES string of the molecule is O=C(NC1CCCCC1Cl)C1CCCCO1. The number of hydrogen-bond acceptors (Lipinski definition) is 2. The standard InChI is InChI=1S/C12H20ClNO2/c13-9-5-1-2-6-10(9)14-12(15)11-7-3-4-8-16-11/h9-11H,1-8H2,(H,14,15). The molecule has 1 saturated heterocycles. The normalized spacial score (nSPS) is 35.7. The Kier molecular flexibility index (Phi) is 4.47. The first kappa shape index (κ1) is 12.2. The van der Waals surface area contributed by atoms with Crippen LogP contribution in [0.15, 0.2) is 0 Å². The smallest absolute Gasteiger partial charge is 0.249 e. The Morgan fingerprint density at radius 1 is 1.12 bits per heavy atom. The van der Waals surface area contributed by atoms with E-state index in [1.165, 1.54) is 12.8 Å². The monoisotopic (exact) mass is 245 g/mol. The topological polar surface area (TPSA) is 38.3 Å². The Morgan fingerprint density at radius 3 is 2.56 bits per heavy atom. The van der Waals surface area contributed by atoms with Gasteiger partial charge in [-0.3, -0.25) is 4.79 Å². The largest absolute Gasteiger partial charge is 0.368 e. The highest BCUT2D eigenvalue weighted by atomic mass is 35.5. The van der Waals surface area contributed by atoms with E-state index in [-0.39, 0.29) is 23.4 Å². The second-order valence-corrected chi connectivity index (χ2v) is 5.33. The molecule has 92 valence electrons. The molecule has 4 heteroatoms. The third-order valence-electron chi connectivity index (χ3n) is 3.48. The number of nitrogens with one attached hydrogen (secondary N) is 1. The maximum absolute atomic E-state index is 11.9. The van der Waals surface area contributed by atoms with Gasteiger partial charge < -0.3 is 10.1 Å². The number of hydrogen-bond donors (Lipinski definition) is 1. The maximum atomic E-state index is 11.9. The fourth-order valence-electron chi connectivity index (χ4n) is 2.47. The van der Waals surface area contributed by atoms with Gasteiger partial charge in [0, 0.05) is 12.6 Å². The number of amides is 1. The van der Waals surface area contributed by atoms with Gasteiger partial charge in [0.1, 0.15) is 6.10 Å². The summed E-state index contributed by atoms with van der Waals surface area (Å²) in [5.74, 6) is 0.0391. The van der Waals surface area contributed by atoms with Crippen molar-refractivity contribution >= 4 is 17.5 Å². The van der Waals surface area contributed by atoms with Crippen LogP contribution in [0.3, 0.4) is 0 Å². The molecule has 0 aromatic heterocycles. The van der Waals surface area contributed by atoms with Crippen molar-refractivity contribution in [1.29, 1.82) is 0 Å². The molecule has 1 amide bonds. The average molecular weight is 246 g/mol. The van der Waals surface area contributed by atoms with Gasteiger partial charge in [-0.25, -0.2) is 0 Å². The second kappa shape index (κ2) is 5.87. The van der Waals surface area contributed by atoms with E-state index in [0.29, 0.717) is 6.61 Å². The van der Waals surface area contributed by atoms with Crippen molar-refractivity contribution in [2.45, 2.75) is 62.5 Å². The third kappa shape index (κ3) is 3.11. The summed E-state index contributed by atoms with van der Waals surface area (Å²) >= 11 is 6.21. The van der Waals surface area contributed by atoms with Crippen molar-refractivity contribution in [3.8, 4) is 0 Å². The summed E-state index contributed by atoms with van der Waals surface area (Å²) in [6, 6.07) is 0.147. The van der Waals surface area contributed by atoms with Crippen LogP contribution >= 0.6 is 11.6 Å². The van der Waals surface area contributed by atoms with E-state index in [1.54, 1.807) is 0 Å². The second-order valence-electron chi connectivity index (χ2n) is 4.77. The average Bonchev–Trinajstić information content (AvgIpc) is 2.33. The number of rotatable bonds is 2. The molecule has 3 nitrogen and oxygen atoms in total. The van der Waals surface area contributed by atoms with Crippen molar-refractivity contribution in [1.82, 2.24) is 5.32 Å². The molecule has 0 bridgehead atoms. The molecule has 2 aliphatic rings. The Labute approximate surface area is 102 Å². The maximum Gasteiger partial charge on any atom is 0.249 e. The zero-order valence-electron chi connectivity index (χ0n) is 9.58. The minimum absolute atomic E-state index is 0.0391. The highest BCUT2D eigenvalue weighted by molar-refractivity contribution is 6.21. The molecule has 1 heterocycles. The van der Waals surface area contributed by atoms with Crippen LogP contribution in [0.2, 0.25) is 0 Å². The Balaban J connectivity index is 1.80. The van der Waals surface area contributed by atoms with E-state index < -0.39 is 0 Å². The van der Waals surface area contributed by atoms with E-state index >= 15 is 0 Å². The first-order valence-electron chi connectivity index (χ1n) is 6.33. The zero-order chi connectivity index (χ0) is 11.4. The quantitative estimate of drug-likeness (QED) is 0.758. The van der Waals surface area contributed by atoms with E-state index in [2.05, 4.69) is 5.32 Å². The summed E-state index contributed by atoms with van der Waals surface area (Å²) in [6.07, 6.45) is 7.15. The minimum atomic E-state index is -0.237. The molecule has 1 saturated carbocycles. The van der Waals surface area contributed by atoms with Crippen LogP contribution in [0, 0.1) is 0 Å². The van der Waals surface area contributed by atoms with Crippen LogP contribution < -0.4 is 5.32 Å². The van der Waals surface area contributed by atoms with Gasteiger partial charge in [-0.05, 0) is 32.1 Å². The van der Waals surface area contributed by atoms with Gasteiger partial charge in [0.15, 0.2) is 0 Å². The fraction of sp³-hybridized carbons (Fsp3) is 0.917. The van der Waals surface area contributed by atoms with E-state index in [0.717, 1.165) is 32.1 Å². The van der Waals surface area contributed by atoms with Crippen LogP contribution in [0.5, 0.6) is 0 Å². The Bertz CT molecular complexity index is 241. The van der Waals surface area contributed by atoms with Crippen LogP contribution in [-0.4, -0.2) is 30.0 Å². The molecule has 16 heavy (non-hydrogen) atoms. The molecule has 1 aliphatic carbocycles. The van der Waals surface area contributed by atoms with Crippen molar-refractivity contribution in [3.63, 3.8) is 0 Å². The summed E-state index contributed by atoms with van der Waals surface area (Å²) < 4.78 is 5.46. The van der Waals surface area contributed by atoms with Crippen molar-refractivity contribution in [2.24, 2.45) is 0 Å². The van der Waals surface area contributed by atoms with Gasteiger partial charge in [-0.2, -0.15) is 0 Å². The van der Waals surface area contributed by atoms with E-state index in [1.807, 2.05) is 0 Å². The lowest BCUT2D eigenvalue weighted by Crippen LogP contribution is -2.48. The van der Waals surface area contributed by atoms with Gasteiger partial charge in [0.05, 0.1) is 5.38 Å². The molecule has 2 fully saturated rings. The lowest BCUT2D eigenvalue weighted by Gasteiger charge is -2.30. The lowest BCUT2D eigenvalue weighted by molar-refractivity contribution is -0.136. The highest BCUT2D eigenvalue weighted by Gasteiger charge is 2.28. The Morgan fingerprint density at radius 2 is 1.88 bits per heavy atom. The van der Waals surface area contributed by atoms with Crippen LogP contribution in [-0.2, 0) is 9.53 Å². The highest BCUT2D eigenvalue weighted by Crippen LogP contribution is 2.23. The Hall–Kier alpha value is -0.280. The molecule has 1 N–H and O–H groups in total. The third-order valence-corrected chi connectivity index (χ3v) is 4.00. The summed E-state index contributed by atoms with van der Waals surface area (Å²) in [5.41, 5.74) is 0. The summed E-state index contributed by atoms with van der Waals surface area (Å²) in [6.45, 7) is 0.715. The van der Waals surface area contributed by atoms with Crippen molar-refractivity contribution in [3.05, 3.63) is 0 Å². The molecular weight excluding hydrogens is 226 g/mol.